The van der Waals surface area contributed by atoms with Crippen LogP contribution in [0.3, 0.4) is 0 Å². The maximum atomic E-state index is 12.5. The molecule has 1 fully saturated rings. The minimum Gasteiger partial charge on any atom is -0.497 e. The molecule has 0 spiro atoms. The lowest BCUT2D eigenvalue weighted by atomic mass is 10.1. The number of hydrogen-bond acceptors (Lipinski definition) is 5. The Hall–Kier alpha value is -3.22. The van der Waals surface area contributed by atoms with Crippen molar-refractivity contribution in [1.29, 1.82) is 0 Å². The van der Waals surface area contributed by atoms with E-state index >= 15 is 0 Å². The molecule has 1 N–H and O–H groups in total. The number of amides is 2. The Morgan fingerprint density at radius 1 is 1.13 bits per heavy atom. The van der Waals surface area contributed by atoms with E-state index in [2.05, 4.69) is 5.32 Å². The van der Waals surface area contributed by atoms with Crippen molar-refractivity contribution in [3.63, 3.8) is 0 Å². The molecule has 7 heteroatoms. The largest absolute Gasteiger partial charge is 0.497 e. The van der Waals surface area contributed by atoms with Gasteiger partial charge in [0, 0.05) is 31.3 Å². The van der Waals surface area contributed by atoms with Crippen LogP contribution in [0.2, 0.25) is 0 Å². The first-order valence-electron chi connectivity index (χ1n) is 10.2. The van der Waals surface area contributed by atoms with Gasteiger partial charge in [0.05, 0.1) is 13.0 Å². The fourth-order valence-electron chi connectivity index (χ4n) is 3.77. The van der Waals surface area contributed by atoms with Gasteiger partial charge < -0.3 is 24.4 Å². The van der Waals surface area contributed by atoms with Crippen molar-refractivity contribution in [3.05, 3.63) is 48.0 Å². The molecule has 30 heavy (non-hydrogen) atoms. The van der Waals surface area contributed by atoms with E-state index in [0.29, 0.717) is 37.8 Å². The van der Waals surface area contributed by atoms with E-state index in [0.717, 1.165) is 24.3 Å². The van der Waals surface area contributed by atoms with Gasteiger partial charge in [0.25, 0.3) is 0 Å². The van der Waals surface area contributed by atoms with Crippen LogP contribution in [0.15, 0.2) is 42.5 Å². The summed E-state index contributed by atoms with van der Waals surface area (Å²) in [5.41, 5.74) is 1.94. The summed E-state index contributed by atoms with van der Waals surface area (Å²) in [7, 11) is 1.65. The fraction of sp³-hybridized carbons (Fsp3) is 0.391. The molecule has 4 rings (SSSR count). The minimum absolute atomic E-state index is 0.0509. The highest BCUT2D eigenvalue weighted by Gasteiger charge is 2.35. The first-order valence-corrected chi connectivity index (χ1v) is 10.2. The molecule has 2 amide bonds. The van der Waals surface area contributed by atoms with E-state index in [-0.39, 0.29) is 24.2 Å². The summed E-state index contributed by atoms with van der Waals surface area (Å²) in [6.07, 6.45) is 1.93. The molecule has 158 valence electrons. The number of carbonyl (C=O) groups excluding carboxylic acids is 2. The number of nitrogens with one attached hydrogen (secondary N) is 1. The number of benzene rings is 2. The van der Waals surface area contributed by atoms with Crippen LogP contribution in [0.1, 0.15) is 18.4 Å². The highest BCUT2D eigenvalue weighted by atomic mass is 16.6. The second-order valence-corrected chi connectivity index (χ2v) is 7.48. The van der Waals surface area contributed by atoms with Crippen LogP contribution < -0.4 is 24.4 Å². The zero-order valence-corrected chi connectivity index (χ0v) is 17.1. The Kier molecular flexibility index (Phi) is 6.07. The summed E-state index contributed by atoms with van der Waals surface area (Å²) in [6.45, 7) is 1.98. The van der Waals surface area contributed by atoms with E-state index in [1.54, 1.807) is 12.0 Å². The molecule has 0 radical (unpaired) electrons. The number of anilines is 1. The van der Waals surface area contributed by atoms with Gasteiger partial charge in [0.2, 0.25) is 11.8 Å². The third-order valence-electron chi connectivity index (χ3n) is 5.43. The molecular weight excluding hydrogens is 384 g/mol. The molecule has 0 bridgehead atoms. The predicted octanol–water partition coefficient (Wildman–Crippen LogP) is 2.57. The Balaban J connectivity index is 1.26. The zero-order valence-electron chi connectivity index (χ0n) is 17.1. The smallest absolute Gasteiger partial charge is 0.227 e. The number of hydrogen-bond donors (Lipinski definition) is 1. The molecule has 2 heterocycles. The second-order valence-electron chi connectivity index (χ2n) is 7.48. The van der Waals surface area contributed by atoms with E-state index in [4.69, 9.17) is 14.2 Å². The van der Waals surface area contributed by atoms with Crippen molar-refractivity contribution in [2.45, 2.75) is 19.3 Å². The number of aryl methyl sites for hydroxylation is 1. The molecule has 0 aliphatic carbocycles. The van der Waals surface area contributed by atoms with Crippen LogP contribution in [0, 0.1) is 5.92 Å². The molecule has 7 nitrogen and oxygen atoms in total. The van der Waals surface area contributed by atoms with Gasteiger partial charge >= 0.3 is 0 Å². The number of carbonyl (C=O) groups is 2. The lowest BCUT2D eigenvalue weighted by Crippen LogP contribution is -2.33. The Labute approximate surface area is 175 Å². The van der Waals surface area contributed by atoms with Crippen LogP contribution in [-0.4, -0.2) is 45.2 Å². The van der Waals surface area contributed by atoms with Crippen molar-refractivity contribution < 1.29 is 23.8 Å². The van der Waals surface area contributed by atoms with Crippen molar-refractivity contribution in [2.24, 2.45) is 5.92 Å². The quantitative estimate of drug-likeness (QED) is 0.710. The molecule has 2 aliphatic rings. The Morgan fingerprint density at radius 2 is 1.90 bits per heavy atom. The van der Waals surface area contributed by atoms with Gasteiger partial charge in [0.1, 0.15) is 19.0 Å². The molecular formula is C23H26N2O5. The predicted molar refractivity (Wildman–Crippen MR) is 112 cm³/mol. The van der Waals surface area contributed by atoms with Gasteiger partial charge in [-0.25, -0.2) is 0 Å². The number of nitrogens with zero attached hydrogens (tertiary/aromatic N) is 1. The zero-order chi connectivity index (χ0) is 20.9. The summed E-state index contributed by atoms with van der Waals surface area (Å²) in [5.74, 6) is 1.69. The van der Waals surface area contributed by atoms with Crippen LogP contribution in [0.4, 0.5) is 5.69 Å². The van der Waals surface area contributed by atoms with E-state index in [1.165, 1.54) is 5.56 Å². The molecule has 1 unspecified atom stereocenters. The normalized spacial score (nSPS) is 17.7. The van der Waals surface area contributed by atoms with E-state index in [9.17, 15) is 9.59 Å². The molecule has 0 aromatic heterocycles. The van der Waals surface area contributed by atoms with Crippen molar-refractivity contribution in [2.75, 3.05) is 38.3 Å². The third kappa shape index (κ3) is 4.50. The average molecular weight is 410 g/mol. The summed E-state index contributed by atoms with van der Waals surface area (Å²) < 4.78 is 16.3. The number of fused-ring (bicyclic) bond motifs is 1. The van der Waals surface area contributed by atoms with Crippen LogP contribution in [0.25, 0.3) is 0 Å². The minimum atomic E-state index is -0.341. The summed E-state index contributed by atoms with van der Waals surface area (Å²) >= 11 is 0. The van der Waals surface area contributed by atoms with Gasteiger partial charge in [-0.3, -0.25) is 9.59 Å². The molecule has 1 atom stereocenters. The standard InChI is InChI=1S/C23H26N2O5/c1-28-19-7-4-16(5-8-19)3-2-10-24-23(27)17-13-22(26)25(15-17)18-6-9-20-21(14-18)30-12-11-29-20/h4-9,14,17H,2-3,10-13,15H2,1H3,(H,24,27). The van der Waals surface area contributed by atoms with Crippen molar-refractivity contribution in [1.82, 2.24) is 5.32 Å². The maximum Gasteiger partial charge on any atom is 0.227 e. The summed E-state index contributed by atoms with van der Waals surface area (Å²) in [6, 6.07) is 13.4. The monoisotopic (exact) mass is 410 g/mol. The molecule has 2 aromatic rings. The first-order chi connectivity index (χ1) is 14.6. The van der Waals surface area contributed by atoms with Crippen molar-refractivity contribution in [3.8, 4) is 17.2 Å². The molecule has 0 saturated carbocycles. The van der Waals surface area contributed by atoms with Crippen molar-refractivity contribution >= 4 is 17.5 Å². The van der Waals surface area contributed by atoms with Gasteiger partial charge in [-0.05, 0) is 42.7 Å². The number of methoxy groups -OCH3 is 1. The SMILES string of the molecule is COc1ccc(CCCNC(=O)C2CC(=O)N(c3ccc4c(c3)OCCO4)C2)cc1. The van der Waals surface area contributed by atoms with Gasteiger partial charge in [-0.1, -0.05) is 12.1 Å². The Morgan fingerprint density at radius 3 is 2.67 bits per heavy atom. The fourth-order valence-corrected chi connectivity index (χ4v) is 3.77. The average Bonchev–Trinajstić information content (AvgIpc) is 3.18. The summed E-state index contributed by atoms with van der Waals surface area (Å²) in [5, 5.41) is 2.97. The van der Waals surface area contributed by atoms with Crippen LogP contribution in [0.5, 0.6) is 17.2 Å². The number of ether oxygens (including phenoxy) is 3. The topological polar surface area (TPSA) is 77.1 Å². The highest BCUT2D eigenvalue weighted by Crippen LogP contribution is 2.35. The van der Waals surface area contributed by atoms with Gasteiger partial charge in [-0.2, -0.15) is 0 Å². The lowest BCUT2D eigenvalue weighted by molar-refractivity contribution is -0.126. The summed E-state index contributed by atoms with van der Waals surface area (Å²) in [4.78, 5) is 26.7. The van der Waals surface area contributed by atoms with Crippen LogP contribution in [-0.2, 0) is 16.0 Å². The lowest BCUT2D eigenvalue weighted by Gasteiger charge is -2.22. The van der Waals surface area contributed by atoms with Crippen LogP contribution >= 0.6 is 0 Å². The molecule has 2 aromatic carbocycles. The van der Waals surface area contributed by atoms with Gasteiger partial charge in [-0.15, -0.1) is 0 Å². The van der Waals surface area contributed by atoms with E-state index < -0.39 is 0 Å². The first kappa shape index (κ1) is 20.1. The maximum absolute atomic E-state index is 12.5. The third-order valence-corrected chi connectivity index (χ3v) is 5.43. The molecule has 2 aliphatic heterocycles. The van der Waals surface area contributed by atoms with Gasteiger partial charge in [0.15, 0.2) is 11.5 Å². The molecule has 1 saturated heterocycles. The highest BCUT2D eigenvalue weighted by molar-refractivity contribution is 6.00. The Bertz CT molecular complexity index is 912. The van der Waals surface area contributed by atoms with E-state index in [1.807, 2.05) is 42.5 Å². The number of rotatable bonds is 7. The second kappa shape index (κ2) is 9.07.